The Morgan fingerprint density at radius 1 is 1.43 bits per heavy atom. The third-order valence-corrected chi connectivity index (χ3v) is 7.24. The van der Waals surface area contributed by atoms with E-state index in [-0.39, 0.29) is 0 Å². The smallest absolute Gasteiger partial charge is 0.0166 e. The fourth-order valence-electron chi connectivity index (χ4n) is 0.677. The standard InChI is InChI=1S/C5H16Si2/c1-3-4-7-5-6-2/h3-7H2,1-2H3. The Balaban J connectivity index is 2.45. The Labute approximate surface area is 51.3 Å². The highest BCUT2D eigenvalue weighted by atomic mass is 28.3. The van der Waals surface area contributed by atoms with Crippen molar-refractivity contribution in [3.8, 4) is 0 Å². The first kappa shape index (κ1) is 7.43. The first-order chi connectivity index (χ1) is 3.41. The summed E-state index contributed by atoms with van der Waals surface area (Å²) >= 11 is 0. The summed E-state index contributed by atoms with van der Waals surface area (Å²) in [5.74, 6) is 0. The molecule has 0 spiro atoms. The molecule has 2 heteroatoms. The molecule has 0 heterocycles. The minimum Gasteiger partial charge on any atom is -0.0751 e. The van der Waals surface area contributed by atoms with Crippen LogP contribution in [0.3, 0.4) is 0 Å². The molecule has 0 aromatic rings. The van der Waals surface area contributed by atoms with E-state index in [0.29, 0.717) is 19.0 Å². The van der Waals surface area contributed by atoms with Crippen molar-refractivity contribution in [1.82, 2.24) is 0 Å². The van der Waals surface area contributed by atoms with Gasteiger partial charge in [-0.15, -0.1) is 0 Å². The molecule has 0 aromatic heterocycles. The van der Waals surface area contributed by atoms with Crippen molar-refractivity contribution in [2.45, 2.75) is 31.6 Å². The maximum absolute atomic E-state index is 2.42. The van der Waals surface area contributed by atoms with Crippen LogP contribution in [-0.4, -0.2) is 19.0 Å². The maximum atomic E-state index is 2.42. The van der Waals surface area contributed by atoms with Crippen molar-refractivity contribution in [3.63, 3.8) is 0 Å². The number of hydrogen-bond donors (Lipinski definition) is 0. The minimum absolute atomic E-state index is 0.455. The summed E-state index contributed by atoms with van der Waals surface area (Å²) < 4.78 is 0. The first-order valence-corrected chi connectivity index (χ1v) is 7.83. The lowest BCUT2D eigenvalue weighted by atomic mass is 10.6. The molecule has 0 amide bonds. The predicted octanol–water partition coefficient (Wildman–Crippen LogP) is 0.576. The van der Waals surface area contributed by atoms with Crippen LogP contribution in [0.5, 0.6) is 0 Å². The topological polar surface area (TPSA) is 0 Å². The van der Waals surface area contributed by atoms with Gasteiger partial charge in [-0.25, -0.2) is 0 Å². The molecule has 44 valence electrons. The molecule has 0 N–H and O–H groups in total. The monoisotopic (exact) mass is 132 g/mol. The van der Waals surface area contributed by atoms with Gasteiger partial charge in [-0.05, 0) is 0 Å². The average Bonchev–Trinajstić information content (AvgIpc) is 1.69. The lowest BCUT2D eigenvalue weighted by Crippen LogP contribution is -1.91. The molecule has 0 aliphatic heterocycles. The van der Waals surface area contributed by atoms with Crippen LogP contribution in [0.25, 0.3) is 0 Å². The zero-order chi connectivity index (χ0) is 5.54. The van der Waals surface area contributed by atoms with E-state index in [0.717, 1.165) is 0 Å². The van der Waals surface area contributed by atoms with Crippen LogP contribution in [0.2, 0.25) is 18.3 Å². The summed E-state index contributed by atoms with van der Waals surface area (Å²) in [4.78, 5) is 0. The van der Waals surface area contributed by atoms with Gasteiger partial charge < -0.3 is 0 Å². The van der Waals surface area contributed by atoms with Crippen LogP contribution in [0.1, 0.15) is 13.3 Å². The van der Waals surface area contributed by atoms with Gasteiger partial charge in [0.2, 0.25) is 0 Å². The van der Waals surface area contributed by atoms with E-state index in [9.17, 15) is 0 Å². The minimum atomic E-state index is 0.455. The van der Waals surface area contributed by atoms with Crippen molar-refractivity contribution >= 4 is 19.0 Å². The Morgan fingerprint density at radius 2 is 2.14 bits per heavy atom. The Morgan fingerprint density at radius 3 is 2.57 bits per heavy atom. The van der Waals surface area contributed by atoms with Crippen LogP contribution in [0.4, 0.5) is 0 Å². The van der Waals surface area contributed by atoms with Gasteiger partial charge in [0.15, 0.2) is 0 Å². The van der Waals surface area contributed by atoms with E-state index >= 15 is 0 Å². The van der Waals surface area contributed by atoms with E-state index in [1.54, 1.807) is 11.7 Å². The molecule has 0 rings (SSSR count). The highest BCUT2D eigenvalue weighted by Crippen LogP contribution is 1.87. The summed E-state index contributed by atoms with van der Waals surface area (Å²) in [6.07, 6.45) is 1.45. The van der Waals surface area contributed by atoms with Crippen molar-refractivity contribution in [1.29, 1.82) is 0 Å². The van der Waals surface area contributed by atoms with Crippen molar-refractivity contribution in [3.05, 3.63) is 0 Å². The van der Waals surface area contributed by atoms with Gasteiger partial charge in [0, 0.05) is 19.0 Å². The van der Waals surface area contributed by atoms with Gasteiger partial charge in [0.25, 0.3) is 0 Å². The molecule has 7 heavy (non-hydrogen) atoms. The molecule has 0 saturated carbocycles. The third kappa shape index (κ3) is 6.43. The van der Waals surface area contributed by atoms with Crippen LogP contribution in [0.15, 0.2) is 0 Å². The Kier molecular flexibility index (Phi) is 6.83. The molecule has 0 fully saturated rings. The number of hydrogen-bond acceptors (Lipinski definition) is 0. The summed E-state index contributed by atoms with van der Waals surface area (Å²) in [6.45, 7) is 4.72. The molecule has 0 saturated heterocycles. The zero-order valence-corrected chi connectivity index (χ0v) is 8.36. The molecule has 0 aromatic carbocycles. The van der Waals surface area contributed by atoms with Crippen molar-refractivity contribution < 1.29 is 0 Å². The average molecular weight is 132 g/mol. The second-order valence-corrected chi connectivity index (χ2v) is 7.30. The largest absolute Gasteiger partial charge is 0.0751 e. The second kappa shape index (κ2) is 6.43. The summed E-state index contributed by atoms with van der Waals surface area (Å²) in [5, 5.41) is 0. The molecule has 0 atom stereocenters. The zero-order valence-electron chi connectivity index (χ0n) is 5.54. The summed E-state index contributed by atoms with van der Waals surface area (Å²) in [5.41, 5.74) is 1.70. The molecular weight excluding hydrogens is 116 g/mol. The van der Waals surface area contributed by atoms with E-state index in [4.69, 9.17) is 0 Å². The summed E-state index contributed by atoms with van der Waals surface area (Å²) in [7, 11) is 0.928. The number of rotatable bonds is 4. The molecular formula is C5H16Si2. The van der Waals surface area contributed by atoms with Crippen LogP contribution < -0.4 is 0 Å². The normalized spacial score (nSPS) is 12.9. The molecule has 0 aliphatic rings. The van der Waals surface area contributed by atoms with E-state index in [1.165, 1.54) is 6.42 Å². The van der Waals surface area contributed by atoms with E-state index in [2.05, 4.69) is 13.5 Å². The molecule has 0 aliphatic carbocycles. The van der Waals surface area contributed by atoms with Gasteiger partial charge in [0.1, 0.15) is 0 Å². The van der Waals surface area contributed by atoms with Gasteiger partial charge in [-0.3, -0.25) is 0 Å². The second-order valence-electron chi connectivity index (χ2n) is 2.06. The first-order valence-electron chi connectivity index (χ1n) is 3.41. The quantitative estimate of drug-likeness (QED) is 0.388. The SMILES string of the molecule is CCC[SiH2]C[SiH2]C. The third-order valence-electron chi connectivity index (χ3n) is 1.21. The highest BCUT2D eigenvalue weighted by Gasteiger charge is 1.82. The van der Waals surface area contributed by atoms with E-state index < -0.39 is 0 Å². The maximum Gasteiger partial charge on any atom is 0.0166 e. The lowest BCUT2D eigenvalue weighted by molar-refractivity contribution is 1.07. The molecule has 0 nitrogen and oxygen atoms in total. The lowest BCUT2D eigenvalue weighted by Gasteiger charge is -1.88. The van der Waals surface area contributed by atoms with Crippen LogP contribution in [0, 0.1) is 0 Å². The van der Waals surface area contributed by atoms with Crippen LogP contribution in [-0.2, 0) is 0 Å². The molecule has 0 radical (unpaired) electrons. The molecule has 0 bridgehead atoms. The van der Waals surface area contributed by atoms with Gasteiger partial charge >= 0.3 is 0 Å². The molecule has 0 unspecified atom stereocenters. The van der Waals surface area contributed by atoms with Gasteiger partial charge in [0.05, 0.1) is 0 Å². The van der Waals surface area contributed by atoms with E-state index in [1.807, 2.05) is 0 Å². The highest BCUT2D eigenvalue weighted by molar-refractivity contribution is 6.54. The fourth-order valence-corrected chi connectivity index (χ4v) is 4.59. The fraction of sp³-hybridized carbons (Fsp3) is 1.00. The Bertz CT molecular complexity index is 25.3. The van der Waals surface area contributed by atoms with Gasteiger partial charge in [-0.2, -0.15) is 0 Å². The summed E-state index contributed by atoms with van der Waals surface area (Å²) in [6, 6.07) is 1.60. The van der Waals surface area contributed by atoms with Crippen LogP contribution >= 0.6 is 0 Å². The van der Waals surface area contributed by atoms with Crippen molar-refractivity contribution in [2.24, 2.45) is 0 Å². The van der Waals surface area contributed by atoms with Gasteiger partial charge in [-0.1, -0.05) is 31.6 Å². The van der Waals surface area contributed by atoms with Crippen molar-refractivity contribution in [2.75, 3.05) is 0 Å². The Hall–Kier alpha value is 0.434. The predicted molar refractivity (Wildman–Crippen MR) is 42.9 cm³/mol.